The number of allylic oxidation sites excluding steroid dienone is 2. The van der Waals surface area contributed by atoms with Crippen molar-refractivity contribution in [2.24, 2.45) is 11.3 Å². The zero-order chi connectivity index (χ0) is 8.48. The molecule has 1 unspecified atom stereocenters. The van der Waals surface area contributed by atoms with E-state index in [9.17, 15) is 0 Å². The van der Waals surface area contributed by atoms with Crippen LogP contribution in [0.3, 0.4) is 0 Å². The van der Waals surface area contributed by atoms with Gasteiger partial charge in [-0.3, -0.25) is 0 Å². The van der Waals surface area contributed by atoms with E-state index in [-0.39, 0.29) is 0 Å². The van der Waals surface area contributed by atoms with Gasteiger partial charge in [-0.1, -0.05) is 38.8 Å². The molecule has 0 aliphatic heterocycles. The fourth-order valence-electron chi connectivity index (χ4n) is 2.05. The van der Waals surface area contributed by atoms with Crippen LogP contribution in [-0.4, -0.2) is 0 Å². The van der Waals surface area contributed by atoms with Crippen LogP contribution < -0.4 is 0 Å². The second-order valence-corrected chi connectivity index (χ2v) is 4.55. The van der Waals surface area contributed by atoms with Crippen molar-refractivity contribution < 1.29 is 0 Å². The normalized spacial score (nSPS) is 29.8. The molecule has 64 valence electrons. The van der Waals surface area contributed by atoms with Crippen molar-refractivity contribution in [1.29, 1.82) is 0 Å². The predicted molar refractivity (Wildman–Crippen MR) is 50.6 cm³/mol. The SMILES string of the molecule is CCC1CC(C)=CCC1(C)C. The molecule has 1 rings (SSSR count). The number of rotatable bonds is 1. The lowest BCUT2D eigenvalue weighted by Crippen LogP contribution is -2.26. The highest BCUT2D eigenvalue weighted by atomic mass is 14.3. The molecule has 0 saturated carbocycles. The van der Waals surface area contributed by atoms with Crippen LogP contribution in [-0.2, 0) is 0 Å². The Morgan fingerprint density at radius 3 is 2.64 bits per heavy atom. The molecule has 0 aromatic heterocycles. The van der Waals surface area contributed by atoms with Crippen molar-refractivity contribution in [3.63, 3.8) is 0 Å². The van der Waals surface area contributed by atoms with Crippen molar-refractivity contribution >= 4 is 0 Å². The van der Waals surface area contributed by atoms with Crippen LogP contribution in [0.25, 0.3) is 0 Å². The highest BCUT2D eigenvalue weighted by Gasteiger charge is 2.29. The summed E-state index contributed by atoms with van der Waals surface area (Å²) in [5, 5.41) is 0. The van der Waals surface area contributed by atoms with Gasteiger partial charge in [-0.15, -0.1) is 0 Å². The Morgan fingerprint density at radius 1 is 1.55 bits per heavy atom. The highest BCUT2D eigenvalue weighted by Crippen LogP contribution is 2.41. The predicted octanol–water partition coefficient (Wildman–Crippen LogP) is 3.78. The summed E-state index contributed by atoms with van der Waals surface area (Å²) in [6, 6.07) is 0. The Hall–Kier alpha value is -0.260. The standard InChI is InChI=1S/C11H20/c1-5-10-8-9(2)6-7-11(10,3)4/h6,10H,5,7-8H2,1-4H3. The molecular weight excluding hydrogens is 132 g/mol. The summed E-state index contributed by atoms with van der Waals surface area (Å²) < 4.78 is 0. The van der Waals surface area contributed by atoms with Gasteiger partial charge in [0.15, 0.2) is 0 Å². The van der Waals surface area contributed by atoms with Crippen molar-refractivity contribution in [3.05, 3.63) is 11.6 Å². The summed E-state index contributed by atoms with van der Waals surface area (Å²) in [6.45, 7) is 9.36. The number of hydrogen-bond acceptors (Lipinski definition) is 0. The third-order valence-corrected chi connectivity index (χ3v) is 3.14. The summed E-state index contributed by atoms with van der Waals surface area (Å²) in [5.74, 6) is 0.910. The molecule has 1 atom stereocenters. The van der Waals surface area contributed by atoms with E-state index in [0.29, 0.717) is 5.41 Å². The van der Waals surface area contributed by atoms with Crippen LogP contribution in [0, 0.1) is 11.3 Å². The molecule has 11 heavy (non-hydrogen) atoms. The second kappa shape index (κ2) is 3.00. The summed E-state index contributed by atoms with van der Waals surface area (Å²) in [6.07, 6.45) is 6.34. The Morgan fingerprint density at radius 2 is 2.18 bits per heavy atom. The van der Waals surface area contributed by atoms with E-state index in [1.54, 1.807) is 5.57 Å². The van der Waals surface area contributed by atoms with Crippen LogP contribution in [0.2, 0.25) is 0 Å². The van der Waals surface area contributed by atoms with Gasteiger partial charge in [0.05, 0.1) is 0 Å². The highest BCUT2D eigenvalue weighted by molar-refractivity contribution is 5.08. The lowest BCUT2D eigenvalue weighted by molar-refractivity contribution is 0.194. The van der Waals surface area contributed by atoms with Crippen molar-refractivity contribution in [3.8, 4) is 0 Å². The topological polar surface area (TPSA) is 0 Å². The van der Waals surface area contributed by atoms with Gasteiger partial charge in [-0.25, -0.2) is 0 Å². The minimum atomic E-state index is 0.550. The van der Waals surface area contributed by atoms with Crippen LogP contribution in [0.1, 0.15) is 47.0 Å². The first kappa shape index (κ1) is 8.83. The average Bonchev–Trinajstić information content (AvgIpc) is 1.94. The van der Waals surface area contributed by atoms with E-state index < -0.39 is 0 Å². The zero-order valence-electron chi connectivity index (χ0n) is 8.28. The van der Waals surface area contributed by atoms with Gasteiger partial charge in [0.2, 0.25) is 0 Å². The van der Waals surface area contributed by atoms with Crippen molar-refractivity contribution in [2.75, 3.05) is 0 Å². The quantitative estimate of drug-likeness (QED) is 0.502. The molecule has 0 heterocycles. The molecule has 0 fully saturated rings. The van der Waals surface area contributed by atoms with Crippen LogP contribution in [0.4, 0.5) is 0 Å². The maximum atomic E-state index is 2.41. The molecule has 0 saturated heterocycles. The third kappa shape index (κ3) is 1.85. The molecule has 0 heteroatoms. The lowest BCUT2D eigenvalue weighted by Gasteiger charge is -2.37. The van der Waals surface area contributed by atoms with Gasteiger partial charge < -0.3 is 0 Å². The van der Waals surface area contributed by atoms with E-state index in [0.717, 1.165) is 5.92 Å². The smallest absolute Gasteiger partial charge is 0.0288 e. The fraction of sp³-hybridized carbons (Fsp3) is 0.818. The van der Waals surface area contributed by atoms with E-state index >= 15 is 0 Å². The second-order valence-electron chi connectivity index (χ2n) is 4.55. The first-order valence-corrected chi connectivity index (χ1v) is 4.72. The molecule has 0 N–H and O–H groups in total. The zero-order valence-corrected chi connectivity index (χ0v) is 8.28. The molecule has 0 bridgehead atoms. The van der Waals surface area contributed by atoms with E-state index in [2.05, 4.69) is 33.8 Å². The molecule has 0 aromatic carbocycles. The van der Waals surface area contributed by atoms with Crippen molar-refractivity contribution in [2.45, 2.75) is 47.0 Å². The maximum absolute atomic E-state index is 2.41. The summed E-state index contributed by atoms with van der Waals surface area (Å²) in [7, 11) is 0. The molecule has 1 aliphatic carbocycles. The molecular formula is C11H20. The molecule has 0 nitrogen and oxygen atoms in total. The summed E-state index contributed by atoms with van der Waals surface area (Å²) in [5.41, 5.74) is 2.14. The Labute approximate surface area is 70.7 Å². The molecule has 1 aliphatic rings. The number of hydrogen-bond donors (Lipinski definition) is 0. The minimum Gasteiger partial charge on any atom is -0.0851 e. The summed E-state index contributed by atoms with van der Waals surface area (Å²) in [4.78, 5) is 0. The Bertz CT molecular complexity index is 163. The van der Waals surface area contributed by atoms with Gasteiger partial charge in [-0.05, 0) is 31.1 Å². The van der Waals surface area contributed by atoms with Crippen LogP contribution >= 0.6 is 0 Å². The van der Waals surface area contributed by atoms with Crippen molar-refractivity contribution in [1.82, 2.24) is 0 Å². The molecule has 0 spiro atoms. The van der Waals surface area contributed by atoms with Crippen LogP contribution in [0.15, 0.2) is 11.6 Å². The molecule has 0 amide bonds. The fourth-order valence-corrected chi connectivity index (χ4v) is 2.05. The molecule has 0 aromatic rings. The Kier molecular flexibility index (Phi) is 2.41. The van der Waals surface area contributed by atoms with Gasteiger partial charge in [0, 0.05) is 0 Å². The summed E-state index contributed by atoms with van der Waals surface area (Å²) >= 11 is 0. The third-order valence-electron chi connectivity index (χ3n) is 3.14. The maximum Gasteiger partial charge on any atom is -0.0288 e. The van der Waals surface area contributed by atoms with Gasteiger partial charge in [0.1, 0.15) is 0 Å². The van der Waals surface area contributed by atoms with Gasteiger partial charge >= 0.3 is 0 Å². The lowest BCUT2D eigenvalue weighted by atomic mass is 9.69. The van der Waals surface area contributed by atoms with Crippen LogP contribution in [0.5, 0.6) is 0 Å². The van der Waals surface area contributed by atoms with Gasteiger partial charge in [-0.2, -0.15) is 0 Å². The largest absolute Gasteiger partial charge is 0.0851 e. The van der Waals surface area contributed by atoms with E-state index in [1.807, 2.05) is 0 Å². The first-order chi connectivity index (χ1) is 5.06. The van der Waals surface area contributed by atoms with E-state index in [4.69, 9.17) is 0 Å². The Balaban J connectivity index is 2.71. The average molecular weight is 152 g/mol. The van der Waals surface area contributed by atoms with E-state index in [1.165, 1.54) is 19.3 Å². The monoisotopic (exact) mass is 152 g/mol. The first-order valence-electron chi connectivity index (χ1n) is 4.72. The molecule has 0 radical (unpaired) electrons. The van der Waals surface area contributed by atoms with Gasteiger partial charge in [0.25, 0.3) is 0 Å². The minimum absolute atomic E-state index is 0.550.